The van der Waals surface area contributed by atoms with E-state index in [9.17, 15) is 0 Å². The van der Waals surface area contributed by atoms with Crippen LogP contribution in [0.15, 0.2) is 11.5 Å². The molecule has 4 atom stereocenters. The fourth-order valence-corrected chi connectivity index (χ4v) is 9.82. The Morgan fingerprint density at radius 2 is 2.07 bits per heavy atom. The highest BCUT2D eigenvalue weighted by molar-refractivity contribution is 8.78. The lowest BCUT2D eigenvalue weighted by molar-refractivity contribution is -0.353. The quantitative estimate of drug-likeness (QED) is 0.418. The van der Waals surface area contributed by atoms with Crippen LogP contribution in [-0.2, 0) is 9.68 Å². The lowest BCUT2D eigenvalue weighted by Crippen LogP contribution is -2.76. The molecule has 6 aliphatic heterocycles. The number of rotatable bonds is 5. The minimum atomic E-state index is -0.595. The summed E-state index contributed by atoms with van der Waals surface area (Å²) in [4.78, 5) is 13.2. The number of nitrogens with zero attached hydrogens (tertiary/aromatic N) is 5. The van der Waals surface area contributed by atoms with Crippen LogP contribution in [0.25, 0.3) is 0 Å². The van der Waals surface area contributed by atoms with Crippen LogP contribution in [0.5, 0.6) is 0 Å². The van der Waals surface area contributed by atoms with Crippen molar-refractivity contribution in [3.05, 3.63) is 11.5 Å². The Bertz CT molecular complexity index is 625. The van der Waals surface area contributed by atoms with Crippen LogP contribution in [0, 0.1) is 0 Å². The number of hydrazine groups is 3. The molecule has 0 aromatic carbocycles. The molecule has 14 heteroatoms. The first-order chi connectivity index (χ1) is 14.9. The number of hydroxylamine groups is 2. The van der Waals surface area contributed by atoms with Gasteiger partial charge >= 0.3 is 0 Å². The van der Waals surface area contributed by atoms with Gasteiger partial charge in [-0.25, -0.2) is 5.43 Å². The first-order valence-corrected chi connectivity index (χ1v) is 15.7. The average molecular weight is 510 g/mol. The summed E-state index contributed by atoms with van der Waals surface area (Å²) in [7, 11) is 3.67. The molecule has 5 saturated heterocycles. The molecule has 9 nitrogen and oxygen atoms in total. The molecule has 0 aliphatic carbocycles. The molecule has 0 spiro atoms. The van der Waals surface area contributed by atoms with Gasteiger partial charge in [0.1, 0.15) is 5.50 Å². The van der Waals surface area contributed by atoms with E-state index in [1.54, 1.807) is 10.8 Å². The van der Waals surface area contributed by atoms with Gasteiger partial charge in [0.05, 0.1) is 11.9 Å². The summed E-state index contributed by atoms with van der Waals surface area (Å²) in [5, 5.41) is 12.8. The van der Waals surface area contributed by atoms with Crippen molar-refractivity contribution in [2.45, 2.75) is 35.5 Å². The third-order valence-electron chi connectivity index (χ3n) is 5.74. The second-order valence-electron chi connectivity index (χ2n) is 7.56. The maximum atomic E-state index is 6.90. The van der Waals surface area contributed by atoms with Gasteiger partial charge in [0.2, 0.25) is 5.79 Å². The molecule has 168 valence electrons. The first-order valence-electron chi connectivity index (χ1n) is 10.5. The largest absolute Gasteiger partial charge is 0.296 e. The van der Waals surface area contributed by atoms with Gasteiger partial charge in [0, 0.05) is 43.4 Å². The van der Waals surface area contributed by atoms with Crippen LogP contribution in [-0.4, -0.2) is 96.9 Å². The second kappa shape index (κ2) is 9.41. The number of hydrogen-bond donors (Lipinski definition) is 2. The fraction of sp³-hybridized carbons (Fsp3) is 0.875. The standard InChI is InChI=1S/C16H27N7O2S5/c1-6-19(24-8-1)16(22-18-5-12-28-22)14(13-3-10-29-30-13)25-23(20-7-2-9-27-20)21(16)15-17-4-11-26-15/h3,10,13-15,17-18H,1-2,4-9,11-12H2. The van der Waals surface area contributed by atoms with Crippen molar-refractivity contribution < 1.29 is 9.68 Å². The van der Waals surface area contributed by atoms with Gasteiger partial charge in [-0.2, -0.15) is 0 Å². The molecule has 0 amide bonds. The summed E-state index contributed by atoms with van der Waals surface area (Å²) in [6.45, 7) is 4.59. The molecule has 5 fully saturated rings. The molecule has 30 heavy (non-hydrogen) atoms. The van der Waals surface area contributed by atoms with E-state index in [2.05, 4.69) is 46.4 Å². The lowest BCUT2D eigenvalue weighted by atomic mass is 10.1. The van der Waals surface area contributed by atoms with E-state index in [0.717, 1.165) is 56.5 Å². The maximum absolute atomic E-state index is 6.90. The Balaban J connectivity index is 1.47. The highest BCUT2D eigenvalue weighted by Crippen LogP contribution is 2.53. The summed E-state index contributed by atoms with van der Waals surface area (Å²) in [6, 6.07) is 0. The van der Waals surface area contributed by atoms with Gasteiger partial charge in [-0.05, 0) is 23.5 Å². The van der Waals surface area contributed by atoms with Gasteiger partial charge < -0.3 is 0 Å². The topological polar surface area (TPSA) is 58.7 Å². The van der Waals surface area contributed by atoms with Crippen molar-refractivity contribution in [2.75, 3.05) is 50.0 Å². The van der Waals surface area contributed by atoms with E-state index in [-0.39, 0.29) is 16.9 Å². The lowest BCUT2D eigenvalue weighted by Gasteiger charge is -2.51. The summed E-state index contributed by atoms with van der Waals surface area (Å²) in [6.07, 6.45) is 4.38. The Morgan fingerprint density at radius 1 is 1.07 bits per heavy atom. The zero-order valence-electron chi connectivity index (χ0n) is 16.6. The molecule has 6 rings (SSSR count). The molecule has 0 saturated carbocycles. The van der Waals surface area contributed by atoms with Crippen LogP contribution < -0.4 is 10.7 Å². The van der Waals surface area contributed by atoms with Crippen molar-refractivity contribution in [3.8, 4) is 0 Å². The third-order valence-corrected chi connectivity index (χ3v) is 11.3. The minimum Gasteiger partial charge on any atom is -0.296 e. The van der Waals surface area contributed by atoms with E-state index in [0.29, 0.717) is 0 Å². The van der Waals surface area contributed by atoms with Gasteiger partial charge in [0.25, 0.3) is 0 Å². The van der Waals surface area contributed by atoms with Crippen molar-refractivity contribution in [3.63, 3.8) is 0 Å². The van der Waals surface area contributed by atoms with Crippen molar-refractivity contribution >= 4 is 57.2 Å². The number of thioether (sulfide) groups is 1. The molecular formula is C16H27N7O2S5. The third kappa shape index (κ3) is 3.59. The Morgan fingerprint density at radius 3 is 2.73 bits per heavy atom. The van der Waals surface area contributed by atoms with Gasteiger partial charge in [0.15, 0.2) is 6.10 Å². The van der Waals surface area contributed by atoms with Gasteiger partial charge in [-0.15, -0.1) is 30.7 Å². The van der Waals surface area contributed by atoms with Gasteiger partial charge in [-0.1, -0.05) is 51.6 Å². The molecule has 0 radical (unpaired) electrons. The molecule has 0 aromatic heterocycles. The Hall–Kier alpha value is 1.13. The summed E-state index contributed by atoms with van der Waals surface area (Å²) >= 11 is 5.65. The van der Waals surface area contributed by atoms with E-state index >= 15 is 0 Å². The van der Waals surface area contributed by atoms with Crippen LogP contribution in [0.2, 0.25) is 0 Å². The number of hydrogen-bond acceptors (Lipinski definition) is 14. The predicted octanol–water partition coefficient (Wildman–Crippen LogP) is 1.74. The molecule has 0 aromatic rings. The summed E-state index contributed by atoms with van der Waals surface area (Å²) < 4.78 is 4.62. The van der Waals surface area contributed by atoms with Gasteiger partial charge in [-0.3, -0.25) is 15.0 Å². The van der Waals surface area contributed by atoms with Crippen molar-refractivity contribution in [1.82, 2.24) is 34.9 Å². The second-order valence-corrected chi connectivity index (χ2v) is 13.2. The minimum absolute atomic E-state index is 0.117. The monoisotopic (exact) mass is 509 g/mol. The predicted molar refractivity (Wildman–Crippen MR) is 127 cm³/mol. The SMILES string of the molecule is C1=CC(C2ON(N3CCCS3)N(C3NCCS3)C2(N2CCCO2)N2NCCS2)SS1. The zero-order chi connectivity index (χ0) is 20.0. The molecular weight excluding hydrogens is 483 g/mol. The fourth-order valence-electron chi connectivity index (χ4n) is 4.52. The first kappa shape index (κ1) is 21.6. The van der Waals surface area contributed by atoms with E-state index in [4.69, 9.17) is 9.68 Å². The normalized spacial score (nSPS) is 42.5. The van der Waals surface area contributed by atoms with Crippen LogP contribution >= 0.6 is 57.2 Å². The van der Waals surface area contributed by atoms with Crippen molar-refractivity contribution in [2.24, 2.45) is 0 Å². The van der Waals surface area contributed by atoms with E-state index in [1.165, 1.54) is 6.42 Å². The molecule has 4 unspecified atom stereocenters. The number of nitrogens with one attached hydrogen (secondary N) is 2. The Kier molecular flexibility index (Phi) is 6.79. The molecule has 2 N–H and O–H groups in total. The summed E-state index contributed by atoms with van der Waals surface area (Å²) in [5.41, 5.74) is 3.78. The maximum Gasteiger partial charge on any atom is 0.223 e. The Labute approximate surface area is 198 Å². The molecule has 6 aliphatic rings. The van der Waals surface area contributed by atoms with Crippen LogP contribution in [0.3, 0.4) is 0 Å². The van der Waals surface area contributed by atoms with Crippen LogP contribution in [0.1, 0.15) is 12.8 Å². The van der Waals surface area contributed by atoms with Crippen LogP contribution in [0.4, 0.5) is 0 Å². The summed E-state index contributed by atoms with van der Waals surface area (Å²) in [5.74, 6) is 2.67. The zero-order valence-corrected chi connectivity index (χ0v) is 20.6. The highest BCUT2D eigenvalue weighted by Gasteiger charge is 2.69. The molecule has 6 heterocycles. The van der Waals surface area contributed by atoms with E-state index in [1.807, 2.05) is 46.5 Å². The smallest absolute Gasteiger partial charge is 0.223 e. The van der Waals surface area contributed by atoms with Crippen molar-refractivity contribution in [1.29, 1.82) is 0 Å². The highest BCUT2D eigenvalue weighted by atomic mass is 33.1. The average Bonchev–Trinajstić information content (AvgIpc) is 3.62. The van der Waals surface area contributed by atoms with E-state index < -0.39 is 5.79 Å². The molecule has 0 bridgehead atoms.